The molecule has 0 saturated heterocycles. The summed E-state index contributed by atoms with van der Waals surface area (Å²) in [7, 11) is -3.35. The number of hydrogen-bond acceptors (Lipinski definition) is 8. The number of aromatic nitrogens is 4. The van der Waals surface area contributed by atoms with Crippen LogP contribution in [0.3, 0.4) is 0 Å². The lowest BCUT2D eigenvalue weighted by molar-refractivity contribution is 0.670. The minimum absolute atomic E-state index is 0.789. The third kappa shape index (κ3) is 5.41. The third-order valence-corrected chi connectivity index (χ3v) is 21.3. The number of nitrogens with zero attached hydrogens (tertiary/aromatic N) is 4. The molecule has 0 aliphatic heterocycles. The molecule has 0 N–H and O–H groups in total. The molecule has 0 saturated carbocycles. The molecule has 0 atom stereocenters. The van der Waals surface area contributed by atoms with Gasteiger partial charge >= 0.3 is 0 Å². The Morgan fingerprint density at radius 3 is 1.46 bits per heavy atom. The average molecular weight is 901 g/mol. The number of fused-ring (bicyclic) bond motifs is 12. The van der Waals surface area contributed by atoms with Gasteiger partial charge in [0.1, 0.15) is 5.58 Å². The van der Waals surface area contributed by atoms with Crippen LogP contribution in [0.25, 0.3) is 105 Å². The van der Waals surface area contributed by atoms with Crippen molar-refractivity contribution in [2.24, 2.45) is 0 Å². The van der Waals surface area contributed by atoms with Gasteiger partial charge in [-0.05, 0) is 77.1 Å². The lowest BCUT2D eigenvalue weighted by Crippen LogP contribution is -2.76. The van der Waals surface area contributed by atoms with Gasteiger partial charge < -0.3 is 4.42 Å². The predicted octanol–water partition coefficient (Wildman–Crippen LogP) is 13.0. The van der Waals surface area contributed by atoms with Crippen molar-refractivity contribution in [2.75, 3.05) is 0 Å². The topological polar surface area (TPSA) is 64.7 Å². The Kier molecular flexibility index (Phi) is 8.15. The van der Waals surface area contributed by atoms with Gasteiger partial charge in [0.05, 0.1) is 36.1 Å². The monoisotopic (exact) mass is 900 g/mol. The van der Waals surface area contributed by atoms with E-state index in [4.69, 9.17) is 24.4 Å². The molecule has 0 bridgehead atoms. The van der Waals surface area contributed by atoms with Gasteiger partial charge in [-0.15, -0.1) is 34.0 Å². The molecule has 304 valence electrons. The van der Waals surface area contributed by atoms with Crippen molar-refractivity contribution >= 4 is 146 Å². The Morgan fingerprint density at radius 2 is 0.831 bits per heavy atom. The molecule has 6 aromatic carbocycles. The van der Waals surface area contributed by atoms with E-state index in [-0.39, 0.29) is 0 Å². The highest BCUT2D eigenvalue weighted by Gasteiger charge is 2.48. The van der Waals surface area contributed by atoms with Crippen LogP contribution < -0.4 is 21.0 Å². The van der Waals surface area contributed by atoms with E-state index in [2.05, 4.69) is 170 Å². The van der Waals surface area contributed by atoms with Gasteiger partial charge in [-0.2, -0.15) is 0 Å². The van der Waals surface area contributed by atoms with Crippen LogP contribution in [0.15, 0.2) is 199 Å². The SMILES string of the molecule is c1ccc([Si](c2ccccc2)(c2nccc3c2oc2ccc(-c4nccc5c4sc4ccccc45)cc23)c2nccc3c2sc2ccc(-c4nccc5c4sc4ccccc45)cc23)cc1. The molecule has 8 aromatic heterocycles. The summed E-state index contributed by atoms with van der Waals surface area (Å²) in [6, 6.07) is 61.0. The molecule has 0 radical (unpaired) electrons. The van der Waals surface area contributed by atoms with E-state index in [0.717, 1.165) is 59.8 Å². The second kappa shape index (κ2) is 14.3. The van der Waals surface area contributed by atoms with Crippen LogP contribution in [0, 0.1) is 0 Å². The highest BCUT2D eigenvalue weighted by molar-refractivity contribution is 7.30. The van der Waals surface area contributed by atoms with Gasteiger partial charge in [-0.1, -0.05) is 103 Å². The lowest BCUT2D eigenvalue weighted by Gasteiger charge is -2.32. The van der Waals surface area contributed by atoms with Gasteiger partial charge in [0.2, 0.25) is 8.07 Å². The average Bonchev–Trinajstić information content (AvgIpc) is 4.15. The lowest BCUT2D eigenvalue weighted by atomic mass is 10.1. The Morgan fingerprint density at radius 1 is 0.354 bits per heavy atom. The van der Waals surface area contributed by atoms with Crippen molar-refractivity contribution in [1.82, 2.24) is 19.9 Å². The molecule has 14 aromatic rings. The Balaban J connectivity index is 1.02. The fourth-order valence-corrected chi connectivity index (χ4v) is 18.8. The molecular formula is C56H32N4OS3Si. The van der Waals surface area contributed by atoms with Crippen molar-refractivity contribution in [3.63, 3.8) is 0 Å². The summed E-state index contributed by atoms with van der Waals surface area (Å²) in [6.07, 6.45) is 7.85. The standard InChI is InChI=1S/C56H32N4OS3Si/c1-3-11-35(12-4-1)65(36-13-5-2-6-14-36,55-51-39(23-29-59-55)43-31-33(19-21-45(43)61-51)49-52-40(24-27-57-49)37-15-7-9-17-46(37)62-52)56-54-42(26-30-60-56)44-32-34(20-22-48(44)64-54)50-53-41(25-28-58-50)38-16-8-10-18-47(38)63-53/h1-32H. The first-order valence-electron chi connectivity index (χ1n) is 21.5. The number of hydrogen-bond donors (Lipinski definition) is 0. The van der Waals surface area contributed by atoms with Crippen LogP contribution in [-0.4, -0.2) is 28.0 Å². The molecule has 9 heteroatoms. The number of benzene rings is 6. The minimum Gasteiger partial charge on any atom is -0.455 e. The molecule has 0 aliphatic carbocycles. The van der Waals surface area contributed by atoms with E-state index < -0.39 is 8.07 Å². The Labute approximate surface area is 384 Å². The maximum atomic E-state index is 7.10. The normalized spacial score (nSPS) is 12.3. The van der Waals surface area contributed by atoms with Gasteiger partial charge in [0.15, 0.2) is 5.58 Å². The summed E-state index contributed by atoms with van der Waals surface area (Å²) in [5.74, 6) is 0. The van der Waals surface area contributed by atoms with Crippen LogP contribution >= 0.6 is 34.0 Å². The first kappa shape index (κ1) is 37.0. The van der Waals surface area contributed by atoms with Crippen LogP contribution in [-0.2, 0) is 0 Å². The van der Waals surface area contributed by atoms with E-state index in [9.17, 15) is 0 Å². The predicted molar refractivity (Wildman–Crippen MR) is 278 cm³/mol. The van der Waals surface area contributed by atoms with Gasteiger partial charge in [-0.3, -0.25) is 19.9 Å². The van der Waals surface area contributed by atoms with E-state index in [0.29, 0.717) is 0 Å². The fraction of sp³-hybridized carbons (Fsp3) is 0. The van der Waals surface area contributed by atoms with E-state index in [1.54, 1.807) is 11.3 Å². The van der Waals surface area contributed by atoms with E-state index in [1.807, 2.05) is 47.5 Å². The zero-order valence-corrected chi connectivity index (χ0v) is 37.8. The van der Waals surface area contributed by atoms with Gasteiger partial charge in [0.25, 0.3) is 0 Å². The molecule has 0 amide bonds. The van der Waals surface area contributed by atoms with E-state index in [1.165, 1.54) is 66.2 Å². The Bertz CT molecular complexity index is 3940. The zero-order chi connectivity index (χ0) is 42.6. The molecule has 0 aliphatic rings. The number of rotatable bonds is 6. The number of pyridine rings is 4. The largest absolute Gasteiger partial charge is 0.455 e. The summed E-state index contributed by atoms with van der Waals surface area (Å²) < 4.78 is 14.4. The van der Waals surface area contributed by atoms with Crippen LogP contribution in [0.4, 0.5) is 0 Å². The van der Waals surface area contributed by atoms with Crippen LogP contribution in [0.2, 0.25) is 0 Å². The van der Waals surface area contributed by atoms with Crippen molar-refractivity contribution in [3.05, 3.63) is 195 Å². The first-order chi connectivity index (χ1) is 32.2. The summed E-state index contributed by atoms with van der Waals surface area (Å²) >= 11 is 5.42. The molecule has 8 heterocycles. The molecule has 0 fully saturated rings. The summed E-state index contributed by atoms with van der Waals surface area (Å²) in [6.45, 7) is 0. The van der Waals surface area contributed by atoms with Crippen LogP contribution in [0.5, 0.6) is 0 Å². The maximum absolute atomic E-state index is 7.10. The van der Waals surface area contributed by atoms with Crippen molar-refractivity contribution in [2.45, 2.75) is 0 Å². The zero-order valence-electron chi connectivity index (χ0n) is 34.4. The van der Waals surface area contributed by atoms with Gasteiger partial charge in [-0.25, -0.2) is 0 Å². The molecular weight excluding hydrogens is 869 g/mol. The summed E-state index contributed by atoms with van der Waals surface area (Å²) in [4.78, 5) is 20.9. The molecule has 0 spiro atoms. The third-order valence-electron chi connectivity index (χ3n) is 13.0. The molecule has 14 rings (SSSR count). The second-order valence-corrected chi connectivity index (χ2v) is 23.2. The van der Waals surface area contributed by atoms with E-state index >= 15 is 0 Å². The minimum atomic E-state index is -3.35. The van der Waals surface area contributed by atoms with Crippen LogP contribution in [0.1, 0.15) is 0 Å². The smallest absolute Gasteiger partial charge is 0.230 e. The van der Waals surface area contributed by atoms with Gasteiger partial charge in [0, 0.05) is 93.1 Å². The van der Waals surface area contributed by atoms with Crippen molar-refractivity contribution < 1.29 is 4.42 Å². The molecule has 0 unspecified atom stereocenters. The highest BCUT2D eigenvalue weighted by atomic mass is 32.1. The second-order valence-electron chi connectivity index (χ2n) is 16.4. The first-order valence-corrected chi connectivity index (χ1v) is 25.9. The highest BCUT2D eigenvalue weighted by Crippen LogP contribution is 2.43. The number of furan rings is 1. The quantitative estimate of drug-likeness (QED) is 0.156. The molecule has 5 nitrogen and oxygen atoms in total. The fourth-order valence-electron chi connectivity index (χ4n) is 10.2. The maximum Gasteiger partial charge on any atom is 0.230 e. The molecule has 65 heavy (non-hydrogen) atoms. The van der Waals surface area contributed by atoms with Crippen molar-refractivity contribution in [3.8, 4) is 22.5 Å². The Hall–Kier alpha value is -7.40. The summed E-state index contributed by atoms with van der Waals surface area (Å²) in [5.41, 5.74) is 5.75. The number of thiophene rings is 3. The summed E-state index contributed by atoms with van der Waals surface area (Å²) in [5, 5.41) is 13.8. The van der Waals surface area contributed by atoms with Crippen molar-refractivity contribution in [1.29, 1.82) is 0 Å².